The first kappa shape index (κ1) is 14.0. The van der Waals surface area contributed by atoms with E-state index in [0.29, 0.717) is 33.3 Å². The second-order valence-electron chi connectivity index (χ2n) is 4.54. The molecule has 1 unspecified atom stereocenters. The summed E-state index contributed by atoms with van der Waals surface area (Å²) in [6, 6.07) is 1.46. The standard InChI is InChI=1S/C12H12Cl2N4OS/c1-2-15-8-3-4-18(12(8)19)11-7(14)5-6(13)9-10(11)17-20-16-9/h5,8,15H,2-4H2,1H3. The van der Waals surface area contributed by atoms with E-state index in [2.05, 4.69) is 14.1 Å². The summed E-state index contributed by atoms with van der Waals surface area (Å²) in [5.74, 6) is 0.0189. The van der Waals surface area contributed by atoms with Gasteiger partial charge in [0.1, 0.15) is 11.0 Å². The molecule has 1 N–H and O–H groups in total. The average Bonchev–Trinajstić information content (AvgIpc) is 3.01. The highest BCUT2D eigenvalue weighted by Gasteiger charge is 2.34. The molecule has 0 radical (unpaired) electrons. The highest BCUT2D eigenvalue weighted by Crippen LogP contribution is 2.39. The number of hydrogen-bond acceptors (Lipinski definition) is 5. The van der Waals surface area contributed by atoms with Crippen LogP contribution in [0.5, 0.6) is 0 Å². The molecule has 0 spiro atoms. The van der Waals surface area contributed by atoms with Gasteiger partial charge in [0.2, 0.25) is 5.91 Å². The highest BCUT2D eigenvalue weighted by atomic mass is 35.5. The molecule has 0 aliphatic carbocycles. The first-order valence-corrected chi connectivity index (χ1v) is 7.77. The number of anilines is 1. The number of fused-ring (bicyclic) bond motifs is 1. The smallest absolute Gasteiger partial charge is 0.244 e. The predicted molar refractivity (Wildman–Crippen MR) is 81.9 cm³/mol. The van der Waals surface area contributed by atoms with Crippen LogP contribution in [0.3, 0.4) is 0 Å². The van der Waals surface area contributed by atoms with Gasteiger partial charge in [-0.2, -0.15) is 8.75 Å². The van der Waals surface area contributed by atoms with Crippen molar-refractivity contribution in [2.75, 3.05) is 18.0 Å². The van der Waals surface area contributed by atoms with Gasteiger partial charge in [0, 0.05) is 6.54 Å². The van der Waals surface area contributed by atoms with Gasteiger partial charge in [-0.25, -0.2) is 0 Å². The molecular formula is C12H12Cl2N4OS. The molecule has 1 atom stereocenters. The molecule has 1 aliphatic heterocycles. The summed E-state index contributed by atoms with van der Waals surface area (Å²) >= 11 is 13.4. The van der Waals surface area contributed by atoms with Crippen LogP contribution in [0.2, 0.25) is 10.0 Å². The van der Waals surface area contributed by atoms with Gasteiger partial charge in [-0.1, -0.05) is 30.1 Å². The van der Waals surface area contributed by atoms with Crippen molar-refractivity contribution in [1.82, 2.24) is 14.1 Å². The van der Waals surface area contributed by atoms with Gasteiger partial charge in [-0.15, -0.1) is 0 Å². The van der Waals surface area contributed by atoms with Crippen LogP contribution in [0, 0.1) is 0 Å². The fourth-order valence-electron chi connectivity index (χ4n) is 2.46. The number of hydrogen-bond donors (Lipinski definition) is 1. The molecule has 1 aromatic heterocycles. The van der Waals surface area contributed by atoms with E-state index in [0.717, 1.165) is 24.7 Å². The van der Waals surface area contributed by atoms with Crippen LogP contribution in [0.1, 0.15) is 13.3 Å². The van der Waals surface area contributed by atoms with E-state index >= 15 is 0 Å². The van der Waals surface area contributed by atoms with Gasteiger partial charge in [0.05, 0.1) is 33.5 Å². The third-order valence-electron chi connectivity index (χ3n) is 3.34. The Morgan fingerprint density at radius 2 is 2.15 bits per heavy atom. The molecule has 1 amide bonds. The maximum absolute atomic E-state index is 12.4. The van der Waals surface area contributed by atoms with Crippen molar-refractivity contribution in [2.45, 2.75) is 19.4 Å². The number of nitrogens with zero attached hydrogens (tertiary/aromatic N) is 3. The van der Waals surface area contributed by atoms with Crippen LogP contribution in [0.25, 0.3) is 11.0 Å². The van der Waals surface area contributed by atoms with Crippen molar-refractivity contribution in [2.24, 2.45) is 0 Å². The number of carbonyl (C=O) groups is 1. The van der Waals surface area contributed by atoms with Crippen LogP contribution in [-0.4, -0.2) is 33.8 Å². The minimum atomic E-state index is -0.159. The lowest BCUT2D eigenvalue weighted by Gasteiger charge is -2.19. The summed E-state index contributed by atoms with van der Waals surface area (Å²) in [6.07, 6.45) is 0.755. The molecule has 2 aromatic rings. The second kappa shape index (κ2) is 5.44. The first-order chi connectivity index (χ1) is 9.63. The molecular weight excluding hydrogens is 319 g/mol. The van der Waals surface area contributed by atoms with E-state index in [1.54, 1.807) is 11.0 Å². The second-order valence-corrected chi connectivity index (χ2v) is 5.88. The lowest BCUT2D eigenvalue weighted by atomic mass is 10.2. The minimum Gasteiger partial charge on any atom is -0.308 e. The van der Waals surface area contributed by atoms with Crippen LogP contribution < -0.4 is 10.2 Å². The summed E-state index contributed by atoms with van der Waals surface area (Å²) in [4.78, 5) is 14.1. The van der Waals surface area contributed by atoms with E-state index < -0.39 is 0 Å². The Kier molecular flexibility index (Phi) is 3.81. The quantitative estimate of drug-likeness (QED) is 0.940. The summed E-state index contributed by atoms with van der Waals surface area (Å²) < 4.78 is 8.40. The molecule has 2 heterocycles. The summed E-state index contributed by atoms with van der Waals surface area (Å²) in [5.41, 5.74) is 1.80. The van der Waals surface area contributed by atoms with Crippen molar-refractivity contribution in [3.05, 3.63) is 16.1 Å². The molecule has 0 bridgehead atoms. The number of rotatable bonds is 3. The molecule has 1 saturated heterocycles. The number of benzene rings is 1. The van der Waals surface area contributed by atoms with Gasteiger partial charge in [-0.3, -0.25) is 4.79 Å². The highest BCUT2D eigenvalue weighted by molar-refractivity contribution is 7.00. The molecule has 8 heteroatoms. The van der Waals surface area contributed by atoms with Crippen molar-refractivity contribution < 1.29 is 4.79 Å². The van der Waals surface area contributed by atoms with Crippen LogP contribution >= 0.6 is 34.9 Å². The first-order valence-electron chi connectivity index (χ1n) is 6.28. The van der Waals surface area contributed by atoms with Crippen molar-refractivity contribution in [3.8, 4) is 0 Å². The molecule has 1 fully saturated rings. The summed E-state index contributed by atoms with van der Waals surface area (Å²) in [6.45, 7) is 3.35. The van der Waals surface area contributed by atoms with E-state index in [1.807, 2.05) is 6.92 Å². The van der Waals surface area contributed by atoms with E-state index in [1.165, 1.54) is 0 Å². The number of nitrogens with one attached hydrogen (secondary N) is 1. The van der Waals surface area contributed by atoms with Crippen molar-refractivity contribution >= 4 is 57.6 Å². The van der Waals surface area contributed by atoms with E-state index in [-0.39, 0.29) is 11.9 Å². The van der Waals surface area contributed by atoms with E-state index in [9.17, 15) is 4.79 Å². The molecule has 5 nitrogen and oxygen atoms in total. The van der Waals surface area contributed by atoms with Gasteiger partial charge < -0.3 is 10.2 Å². The van der Waals surface area contributed by atoms with Crippen LogP contribution in [0.15, 0.2) is 6.07 Å². The monoisotopic (exact) mass is 330 g/mol. The largest absolute Gasteiger partial charge is 0.308 e. The van der Waals surface area contributed by atoms with E-state index in [4.69, 9.17) is 23.2 Å². The lowest BCUT2D eigenvalue weighted by Crippen LogP contribution is -2.38. The molecule has 1 aromatic carbocycles. The van der Waals surface area contributed by atoms with Crippen LogP contribution in [0.4, 0.5) is 5.69 Å². The Morgan fingerprint density at radius 3 is 2.90 bits per heavy atom. The SMILES string of the molecule is CCNC1CCN(c2c(Cl)cc(Cl)c3nsnc23)C1=O. The fraction of sp³-hybridized carbons (Fsp3) is 0.417. The van der Waals surface area contributed by atoms with Gasteiger partial charge in [0.25, 0.3) is 0 Å². The number of carbonyl (C=O) groups excluding carboxylic acids is 1. The molecule has 20 heavy (non-hydrogen) atoms. The summed E-state index contributed by atoms with van der Waals surface area (Å²) in [5, 5.41) is 4.06. The summed E-state index contributed by atoms with van der Waals surface area (Å²) in [7, 11) is 0. The maximum atomic E-state index is 12.4. The van der Waals surface area contributed by atoms with Gasteiger partial charge in [0.15, 0.2) is 0 Å². The Bertz CT molecular complexity index is 675. The van der Waals surface area contributed by atoms with Crippen molar-refractivity contribution in [1.29, 1.82) is 0 Å². The zero-order valence-corrected chi connectivity index (χ0v) is 13.0. The lowest BCUT2D eigenvalue weighted by molar-refractivity contribution is -0.118. The zero-order valence-electron chi connectivity index (χ0n) is 10.7. The number of aromatic nitrogens is 2. The third-order valence-corrected chi connectivity index (χ3v) is 4.45. The minimum absolute atomic E-state index is 0.0189. The maximum Gasteiger partial charge on any atom is 0.244 e. The topological polar surface area (TPSA) is 58.1 Å². The Balaban J connectivity index is 2.07. The van der Waals surface area contributed by atoms with Crippen molar-refractivity contribution in [3.63, 3.8) is 0 Å². The van der Waals surface area contributed by atoms with Gasteiger partial charge in [-0.05, 0) is 19.0 Å². The third kappa shape index (κ3) is 2.16. The zero-order chi connectivity index (χ0) is 14.3. The molecule has 3 rings (SSSR count). The number of halogens is 2. The Labute approximate surface area is 130 Å². The molecule has 1 aliphatic rings. The number of amides is 1. The fourth-order valence-corrected chi connectivity index (χ4v) is 3.67. The Hall–Kier alpha value is -0.950. The molecule has 106 valence electrons. The predicted octanol–water partition coefficient (Wildman–Crippen LogP) is 2.71. The number of likely N-dealkylation sites (N-methyl/N-ethyl adjacent to an activating group) is 1. The molecule has 0 saturated carbocycles. The van der Waals surface area contributed by atoms with Gasteiger partial charge >= 0.3 is 0 Å². The van der Waals surface area contributed by atoms with Crippen LogP contribution in [-0.2, 0) is 4.79 Å². The normalized spacial score (nSPS) is 19.2. The average molecular weight is 331 g/mol. The Morgan fingerprint density at radius 1 is 1.40 bits per heavy atom.